The average molecular weight is 574 g/mol. The van der Waals surface area contributed by atoms with E-state index in [0.29, 0.717) is 42.1 Å². The molecule has 1 amide bonds. The molecule has 186 valence electrons. The topological polar surface area (TPSA) is 87.2 Å². The number of carbonyl (C=O) groups is 1. The number of likely N-dealkylation sites (tertiary alicyclic amines) is 1. The highest BCUT2D eigenvalue weighted by molar-refractivity contribution is 9.10. The molecule has 0 bridgehead atoms. The molecule has 0 unspecified atom stereocenters. The van der Waals surface area contributed by atoms with E-state index >= 15 is 0 Å². The lowest BCUT2D eigenvalue weighted by Crippen LogP contribution is -2.46. The summed E-state index contributed by atoms with van der Waals surface area (Å²) in [5.41, 5.74) is 1.16. The van der Waals surface area contributed by atoms with Crippen LogP contribution in [0.15, 0.2) is 45.8 Å². The summed E-state index contributed by atoms with van der Waals surface area (Å²) in [5, 5.41) is 11.5. The molecule has 1 N–H and O–H groups in total. The minimum Gasteiger partial charge on any atom is -0.385 e. The maximum atomic E-state index is 12.9. The van der Waals surface area contributed by atoms with Crippen molar-refractivity contribution in [3.8, 4) is 0 Å². The normalized spacial score (nSPS) is 16.1. The van der Waals surface area contributed by atoms with Gasteiger partial charge in [-0.15, -0.1) is 0 Å². The lowest BCUT2D eigenvalue weighted by atomic mass is 9.84. The number of nitrogens with zero attached hydrogens (tertiary/aromatic N) is 2. The van der Waals surface area contributed by atoms with Crippen LogP contribution in [-0.2, 0) is 25.2 Å². The van der Waals surface area contributed by atoms with Crippen LogP contribution in [-0.4, -0.2) is 68.5 Å². The predicted molar refractivity (Wildman–Crippen MR) is 135 cm³/mol. The fourth-order valence-corrected chi connectivity index (χ4v) is 5.86. The highest BCUT2D eigenvalue weighted by Crippen LogP contribution is 2.33. The number of aryl methyl sites for hydroxylation is 2. The molecule has 0 spiro atoms. The molecule has 1 heterocycles. The lowest BCUT2D eigenvalue weighted by Gasteiger charge is -2.38. The number of hydrogen-bond donors (Lipinski definition) is 1. The Morgan fingerprint density at radius 2 is 1.79 bits per heavy atom. The largest absolute Gasteiger partial charge is 0.385 e. The Balaban J connectivity index is 1.46. The van der Waals surface area contributed by atoms with E-state index in [-0.39, 0.29) is 30.6 Å². The summed E-state index contributed by atoms with van der Waals surface area (Å²) in [5.74, 6) is -0.174. The van der Waals surface area contributed by atoms with Gasteiger partial charge in [-0.05, 0) is 67.6 Å². The first-order valence-electron chi connectivity index (χ1n) is 11.0. The molecule has 1 saturated heterocycles. The summed E-state index contributed by atoms with van der Waals surface area (Å²) < 4.78 is 33.5. The fourth-order valence-electron chi connectivity index (χ4n) is 3.94. The van der Waals surface area contributed by atoms with Crippen LogP contribution in [0.3, 0.4) is 0 Å². The second-order valence-corrected chi connectivity index (χ2v) is 12.0. The van der Waals surface area contributed by atoms with Gasteiger partial charge in [-0.3, -0.25) is 4.79 Å². The second kappa shape index (κ2) is 11.1. The maximum Gasteiger partial charge on any atom is 0.248 e. The van der Waals surface area contributed by atoms with Crippen LogP contribution in [0, 0.1) is 13.8 Å². The molecular weight excluding hydrogens is 544 g/mol. The Labute approximate surface area is 214 Å². The SMILES string of the molecule is Cc1cc(S(=O)(=O)N(C)CCOCC(=O)N2CCC(O)(c3ccc(Br)cc3)CC2)c(C)cc1Cl. The molecule has 1 aliphatic rings. The Kier molecular flexibility index (Phi) is 8.81. The van der Waals surface area contributed by atoms with Gasteiger partial charge in [0, 0.05) is 36.2 Å². The van der Waals surface area contributed by atoms with Gasteiger partial charge in [-0.1, -0.05) is 39.7 Å². The first-order valence-corrected chi connectivity index (χ1v) is 13.6. The number of benzene rings is 2. The molecule has 0 saturated carbocycles. The van der Waals surface area contributed by atoms with E-state index in [1.807, 2.05) is 24.3 Å². The molecule has 1 aliphatic heterocycles. The average Bonchev–Trinajstić information content (AvgIpc) is 2.79. The Morgan fingerprint density at radius 3 is 2.41 bits per heavy atom. The molecule has 2 aromatic rings. The van der Waals surface area contributed by atoms with Crippen LogP contribution in [0.25, 0.3) is 0 Å². The fraction of sp³-hybridized carbons (Fsp3) is 0.458. The van der Waals surface area contributed by atoms with Gasteiger partial charge in [0.2, 0.25) is 15.9 Å². The summed E-state index contributed by atoms with van der Waals surface area (Å²) >= 11 is 9.48. The van der Waals surface area contributed by atoms with Crippen molar-refractivity contribution in [3.63, 3.8) is 0 Å². The van der Waals surface area contributed by atoms with Crippen molar-refractivity contribution in [1.29, 1.82) is 0 Å². The first-order chi connectivity index (χ1) is 15.9. The minimum atomic E-state index is -3.70. The zero-order chi connectivity index (χ0) is 25.1. The smallest absolute Gasteiger partial charge is 0.248 e. The third-order valence-electron chi connectivity index (χ3n) is 6.25. The standard InChI is InChI=1S/C24H30BrClN2O5S/c1-17-15-22(18(2)14-21(17)26)34(31,32)27(3)12-13-33-16-23(29)28-10-8-24(30,9-11-28)19-4-6-20(25)7-5-19/h4-7,14-15,30H,8-13,16H2,1-3H3. The van der Waals surface area contributed by atoms with Gasteiger partial charge in [-0.25, -0.2) is 8.42 Å². The zero-order valence-corrected chi connectivity index (χ0v) is 22.7. The van der Waals surface area contributed by atoms with Crippen molar-refractivity contribution >= 4 is 43.5 Å². The number of carbonyl (C=O) groups excluding carboxylic acids is 1. The first kappa shape index (κ1) is 27.1. The number of sulfonamides is 1. The van der Waals surface area contributed by atoms with Gasteiger partial charge in [0.05, 0.1) is 17.1 Å². The van der Waals surface area contributed by atoms with Crippen LogP contribution in [0.2, 0.25) is 5.02 Å². The number of amides is 1. The molecule has 34 heavy (non-hydrogen) atoms. The van der Waals surface area contributed by atoms with Crippen LogP contribution in [0.4, 0.5) is 0 Å². The number of piperidine rings is 1. The number of rotatable bonds is 8. The number of hydrogen-bond acceptors (Lipinski definition) is 5. The molecule has 2 aromatic carbocycles. The van der Waals surface area contributed by atoms with E-state index < -0.39 is 15.6 Å². The molecule has 0 aliphatic carbocycles. The highest BCUT2D eigenvalue weighted by Gasteiger charge is 2.35. The van der Waals surface area contributed by atoms with Gasteiger partial charge in [0.25, 0.3) is 0 Å². The van der Waals surface area contributed by atoms with Gasteiger partial charge >= 0.3 is 0 Å². The molecule has 0 radical (unpaired) electrons. The van der Waals surface area contributed by atoms with Crippen molar-refractivity contribution in [1.82, 2.24) is 9.21 Å². The van der Waals surface area contributed by atoms with Crippen LogP contribution in [0.5, 0.6) is 0 Å². The van der Waals surface area contributed by atoms with E-state index in [2.05, 4.69) is 15.9 Å². The van der Waals surface area contributed by atoms with Crippen molar-refractivity contribution < 1.29 is 23.1 Å². The maximum absolute atomic E-state index is 12.9. The molecule has 7 nitrogen and oxygen atoms in total. The zero-order valence-electron chi connectivity index (χ0n) is 19.6. The van der Waals surface area contributed by atoms with Crippen LogP contribution < -0.4 is 0 Å². The van der Waals surface area contributed by atoms with E-state index in [9.17, 15) is 18.3 Å². The summed E-state index contributed by atoms with van der Waals surface area (Å²) in [4.78, 5) is 14.4. The quantitative estimate of drug-likeness (QED) is 0.485. The van der Waals surface area contributed by atoms with E-state index in [1.54, 1.807) is 30.9 Å². The Bertz CT molecular complexity index is 1130. The lowest BCUT2D eigenvalue weighted by molar-refractivity contribution is -0.140. The molecule has 1 fully saturated rings. The van der Waals surface area contributed by atoms with E-state index in [4.69, 9.17) is 16.3 Å². The molecule has 3 rings (SSSR count). The van der Waals surface area contributed by atoms with Gasteiger partial charge in [-0.2, -0.15) is 4.31 Å². The second-order valence-electron chi connectivity index (χ2n) is 8.67. The Hall–Kier alpha value is -1.49. The predicted octanol–water partition coefficient (Wildman–Crippen LogP) is 3.87. The monoisotopic (exact) mass is 572 g/mol. The summed E-state index contributed by atoms with van der Waals surface area (Å²) in [6.07, 6.45) is 0.891. The Morgan fingerprint density at radius 1 is 1.18 bits per heavy atom. The van der Waals surface area contributed by atoms with Gasteiger partial charge in [0.15, 0.2) is 0 Å². The van der Waals surface area contributed by atoms with E-state index in [0.717, 1.165) is 10.0 Å². The van der Waals surface area contributed by atoms with Crippen molar-refractivity contribution in [2.75, 3.05) is 39.9 Å². The number of ether oxygens (including phenoxy) is 1. The summed E-state index contributed by atoms with van der Waals surface area (Å²) in [7, 11) is -2.22. The third-order valence-corrected chi connectivity index (χ3v) is 9.18. The number of aliphatic hydroxyl groups is 1. The minimum absolute atomic E-state index is 0.0871. The van der Waals surface area contributed by atoms with E-state index in [1.165, 1.54) is 11.4 Å². The molecule has 10 heteroatoms. The summed E-state index contributed by atoms with van der Waals surface area (Å²) in [6.45, 7) is 4.39. The van der Waals surface area contributed by atoms with Crippen molar-refractivity contribution in [2.45, 2.75) is 37.2 Å². The van der Waals surface area contributed by atoms with Crippen LogP contribution >= 0.6 is 27.5 Å². The van der Waals surface area contributed by atoms with Crippen molar-refractivity contribution in [3.05, 3.63) is 62.6 Å². The third kappa shape index (κ3) is 6.19. The van der Waals surface area contributed by atoms with Gasteiger partial charge < -0.3 is 14.7 Å². The van der Waals surface area contributed by atoms with Crippen LogP contribution in [0.1, 0.15) is 29.5 Å². The van der Waals surface area contributed by atoms with Gasteiger partial charge in [0.1, 0.15) is 6.61 Å². The highest BCUT2D eigenvalue weighted by atomic mass is 79.9. The summed E-state index contributed by atoms with van der Waals surface area (Å²) in [6, 6.07) is 10.8. The number of likely N-dealkylation sites (N-methyl/N-ethyl adjacent to an activating group) is 1. The number of halogens is 2. The molecule has 0 atom stereocenters. The van der Waals surface area contributed by atoms with Crippen molar-refractivity contribution in [2.24, 2.45) is 0 Å². The molecule has 0 aromatic heterocycles. The molecular formula is C24H30BrClN2O5S.